The number of aromatic nitrogens is 1. The topological polar surface area (TPSA) is 103 Å². The minimum absolute atomic E-state index is 0.198. The van der Waals surface area contributed by atoms with Crippen LogP contribution in [-0.4, -0.2) is 24.2 Å². The minimum Gasteiger partial charge on any atom is -0.448 e. The number of nitrogens with zero attached hydrogens (tertiary/aromatic N) is 1. The van der Waals surface area contributed by atoms with E-state index in [9.17, 15) is 4.79 Å². The van der Waals surface area contributed by atoms with Gasteiger partial charge in [-0.3, -0.25) is 0 Å². The van der Waals surface area contributed by atoms with Crippen molar-refractivity contribution >= 4 is 39.0 Å². The molecule has 0 unspecified atom stereocenters. The van der Waals surface area contributed by atoms with Crippen molar-refractivity contribution in [3.05, 3.63) is 17.6 Å². The minimum atomic E-state index is -0.783. The van der Waals surface area contributed by atoms with Gasteiger partial charge in [0.15, 0.2) is 0 Å². The van der Waals surface area contributed by atoms with Crippen molar-refractivity contribution in [3.8, 4) is 0 Å². The Labute approximate surface area is 102 Å². The third-order valence-corrected chi connectivity index (χ3v) is 3.00. The lowest BCUT2D eigenvalue weighted by Gasteiger charge is -2.09. The Balaban J connectivity index is 2.03. The molecule has 1 aromatic heterocycles. The normalized spacial score (nSPS) is 10.4. The number of carbonyl (C=O) groups excluding carboxylic acids is 1. The Kier molecular flexibility index (Phi) is 3.29. The maximum atomic E-state index is 10.4. The first kappa shape index (κ1) is 11.5. The van der Waals surface area contributed by atoms with Gasteiger partial charge in [-0.05, 0) is 12.1 Å². The second-order valence-corrected chi connectivity index (χ2v) is 4.21. The molecule has 0 radical (unpaired) electrons. The van der Waals surface area contributed by atoms with Gasteiger partial charge in [0.05, 0.1) is 21.6 Å². The number of nitrogens with one attached hydrogen (secondary N) is 1. The largest absolute Gasteiger partial charge is 0.448 e. The van der Waals surface area contributed by atoms with Crippen molar-refractivity contribution in [1.29, 1.82) is 0 Å². The summed E-state index contributed by atoms with van der Waals surface area (Å²) in [6.45, 7) is 0.645. The standard InChI is InChI=1S/C10H12N4O2S/c11-8-6(13-3-4-16-10(12)15)1-2-7-9(8)14-5-17-7/h1-2,5,13H,3-4,11H2,(H2,12,15). The van der Waals surface area contributed by atoms with Gasteiger partial charge in [-0.25, -0.2) is 9.78 Å². The van der Waals surface area contributed by atoms with Crippen molar-refractivity contribution in [2.75, 3.05) is 24.2 Å². The molecule has 0 saturated carbocycles. The number of primary amides is 1. The van der Waals surface area contributed by atoms with Crippen molar-refractivity contribution < 1.29 is 9.53 Å². The van der Waals surface area contributed by atoms with E-state index in [1.165, 1.54) is 11.3 Å². The number of hydrogen-bond acceptors (Lipinski definition) is 6. The van der Waals surface area contributed by atoms with Crippen LogP contribution in [0.15, 0.2) is 17.6 Å². The van der Waals surface area contributed by atoms with E-state index in [2.05, 4.69) is 15.0 Å². The Morgan fingerprint density at radius 1 is 1.53 bits per heavy atom. The summed E-state index contributed by atoms with van der Waals surface area (Å²) in [5.41, 5.74) is 14.7. The van der Waals surface area contributed by atoms with Crippen molar-refractivity contribution in [1.82, 2.24) is 4.98 Å². The highest BCUT2D eigenvalue weighted by Gasteiger charge is 2.06. The second-order valence-electron chi connectivity index (χ2n) is 3.32. The van der Waals surface area contributed by atoms with Crippen molar-refractivity contribution in [2.24, 2.45) is 5.73 Å². The fourth-order valence-corrected chi connectivity index (χ4v) is 2.14. The average Bonchev–Trinajstić information content (AvgIpc) is 2.75. The number of nitrogen functional groups attached to an aromatic ring is 1. The summed E-state index contributed by atoms with van der Waals surface area (Å²) in [5, 5.41) is 3.06. The van der Waals surface area contributed by atoms with E-state index in [1.54, 1.807) is 5.51 Å². The number of hydrogen-bond donors (Lipinski definition) is 3. The molecular weight excluding hydrogens is 240 g/mol. The average molecular weight is 252 g/mol. The molecule has 1 amide bonds. The molecule has 1 aromatic carbocycles. The summed E-state index contributed by atoms with van der Waals surface area (Å²) >= 11 is 1.54. The van der Waals surface area contributed by atoms with Crippen LogP contribution in [0.25, 0.3) is 10.2 Å². The zero-order valence-corrected chi connectivity index (χ0v) is 9.79. The third kappa shape index (κ3) is 2.56. The molecular formula is C10H12N4O2S. The fraction of sp³-hybridized carbons (Fsp3) is 0.200. The van der Waals surface area contributed by atoms with E-state index < -0.39 is 6.09 Å². The lowest BCUT2D eigenvalue weighted by atomic mass is 10.2. The third-order valence-electron chi connectivity index (χ3n) is 2.20. The van der Waals surface area contributed by atoms with E-state index >= 15 is 0 Å². The lowest BCUT2D eigenvalue weighted by Crippen LogP contribution is -2.18. The predicted molar refractivity (Wildman–Crippen MR) is 68.1 cm³/mol. The Morgan fingerprint density at radius 2 is 2.35 bits per heavy atom. The molecule has 7 heteroatoms. The molecule has 0 aliphatic rings. The monoisotopic (exact) mass is 252 g/mol. The van der Waals surface area contributed by atoms with Gasteiger partial charge in [0.2, 0.25) is 0 Å². The first-order valence-corrected chi connectivity index (χ1v) is 5.84. The summed E-state index contributed by atoms with van der Waals surface area (Å²) < 4.78 is 5.64. The molecule has 0 fully saturated rings. The molecule has 0 bridgehead atoms. The van der Waals surface area contributed by atoms with Crippen LogP contribution in [0, 0.1) is 0 Å². The molecule has 90 valence electrons. The molecule has 2 aromatic rings. The van der Waals surface area contributed by atoms with Gasteiger partial charge < -0.3 is 21.5 Å². The summed E-state index contributed by atoms with van der Waals surface area (Å²) in [5.74, 6) is 0. The van der Waals surface area contributed by atoms with Crippen molar-refractivity contribution in [2.45, 2.75) is 0 Å². The van der Waals surface area contributed by atoms with Crippen LogP contribution >= 0.6 is 11.3 Å². The first-order chi connectivity index (χ1) is 8.18. The zero-order valence-electron chi connectivity index (χ0n) is 8.97. The number of amides is 1. The summed E-state index contributed by atoms with van der Waals surface area (Å²) in [6, 6.07) is 3.82. The van der Waals surface area contributed by atoms with Gasteiger partial charge in [-0.1, -0.05) is 0 Å². The smallest absolute Gasteiger partial charge is 0.404 e. The molecule has 2 rings (SSSR count). The van der Waals surface area contributed by atoms with E-state index in [-0.39, 0.29) is 6.61 Å². The number of carbonyl (C=O) groups is 1. The van der Waals surface area contributed by atoms with Crippen LogP contribution in [0.2, 0.25) is 0 Å². The van der Waals surface area contributed by atoms with Crippen LogP contribution < -0.4 is 16.8 Å². The Morgan fingerprint density at radius 3 is 3.12 bits per heavy atom. The zero-order chi connectivity index (χ0) is 12.3. The molecule has 6 nitrogen and oxygen atoms in total. The number of nitrogens with two attached hydrogens (primary N) is 2. The van der Waals surface area contributed by atoms with Crippen LogP contribution in [0.1, 0.15) is 0 Å². The maximum Gasteiger partial charge on any atom is 0.404 e. The molecule has 0 aliphatic carbocycles. The number of rotatable bonds is 4. The van der Waals surface area contributed by atoms with Gasteiger partial charge in [0.25, 0.3) is 0 Å². The lowest BCUT2D eigenvalue weighted by molar-refractivity contribution is 0.161. The second kappa shape index (κ2) is 4.88. The summed E-state index contributed by atoms with van der Waals surface area (Å²) in [7, 11) is 0. The van der Waals surface area contributed by atoms with E-state index in [1.807, 2.05) is 12.1 Å². The maximum absolute atomic E-state index is 10.4. The van der Waals surface area contributed by atoms with E-state index in [4.69, 9.17) is 11.5 Å². The molecule has 0 aliphatic heterocycles. The molecule has 1 heterocycles. The van der Waals surface area contributed by atoms with Crippen LogP contribution in [0.5, 0.6) is 0 Å². The fourth-order valence-electron chi connectivity index (χ4n) is 1.44. The number of thiazole rings is 1. The number of fused-ring (bicyclic) bond motifs is 1. The predicted octanol–water partition coefficient (Wildman–Crippen LogP) is 1.39. The summed E-state index contributed by atoms with van der Waals surface area (Å²) in [4.78, 5) is 14.5. The Bertz CT molecular complexity index is 540. The van der Waals surface area contributed by atoms with Crippen molar-refractivity contribution in [3.63, 3.8) is 0 Å². The SMILES string of the molecule is NC(=O)OCCNc1ccc2scnc2c1N. The molecule has 0 saturated heterocycles. The van der Waals surface area contributed by atoms with Crippen LogP contribution in [0.3, 0.4) is 0 Å². The van der Waals surface area contributed by atoms with Crippen LogP contribution in [-0.2, 0) is 4.74 Å². The van der Waals surface area contributed by atoms with Gasteiger partial charge in [-0.15, -0.1) is 11.3 Å². The molecule has 0 spiro atoms. The number of anilines is 2. The highest BCUT2D eigenvalue weighted by atomic mass is 32.1. The van der Waals surface area contributed by atoms with Gasteiger partial charge in [-0.2, -0.15) is 0 Å². The quantitative estimate of drug-likeness (QED) is 0.563. The van der Waals surface area contributed by atoms with Gasteiger partial charge >= 0.3 is 6.09 Å². The highest BCUT2D eigenvalue weighted by molar-refractivity contribution is 7.16. The van der Waals surface area contributed by atoms with E-state index in [0.29, 0.717) is 12.2 Å². The van der Waals surface area contributed by atoms with E-state index in [0.717, 1.165) is 15.9 Å². The molecule has 0 atom stereocenters. The Hall–Kier alpha value is -2.02. The van der Waals surface area contributed by atoms with Gasteiger partial charge in [0.1, 0.15) is 12.1 Å². The molecule has 17 heavy (non-hydrogen) atoms. The van der Waals surface area contributed by atoms with Gasteiger partial charge in [0, 0.05) is 6.54 Å². The highest BCUT2D eigenvalue weighted by Crippen LogP contribution is 2.29. The molecule has 5 N–H and O–H groups in total. The van der Waals surface area contributed by atoms with Crippen LogP contribution in [0.4, 0.5) is 16.2 Å². The summed E-state index contributed by atoms with van der Waals surface area (Å²) in [6.07, 6.45) is -0.783. The first-order valence-electron chi connectivity index (χ1n) is 4.96. The number of benzene rings is 1. The number of ether oxygens (including phenoxy) is 1.